The van der Waals surface area contributed by atoms with Gasteiger partial charge in [0.1, 0.15) is 0 Å². The fraction of sp³-hybridized carbons (Fsp3) is 0.583. The van der Waals surface area contributed by atoms with Crippen molar-refractivity contribution in [1.29, 1.82) is 0 Å². The van der Waals surface area contributed by atoms with Crippen molar-refractivity contribution < 1.29 is 14.6 Å². The molecule has 1 fully saturated rings. The van der Waals surface area contributed by atoms with E-state index in [0.29, 0.717) is 19.8 Å². The van der Waals surface area contributed by atoms with Crippen LogP contribution in [0.15, 0.2) is 18.3 Å². The Hall–Kier alpha value is -1.33. The van der Waals surface area contributed by atoms with Crippen LogP contribution in [-0.2, 0) is 4.74 Å². The number of pyridine rings is 1. The summed E-state index contributed by atoms with van der Waals surface area (Å²) >= 11 is 0. The van der Waals surface area contributed by atoms with Crippen molar-refractivity contribution >= 4 is 5.82 Å². The van der Waals surface area contributed by atoms with Crippen LogP contribution in [0.4, 0.5) is 5.82 Å². The zero-order valence-corrected chi connectivity index (χ0v) is 10.0. The average Bonchev–Trinajstić information content (AvgIpc) is 2.40. The standard InChI is InChI=1S/C12H18N2O3/c1-2-17-11-4-3-5-13-12(11)14-6-7-16-9-10(14)8-15/h3-5,10,15H,2,6-9H2,1H3. The van der Waals surface area contributed by atoms with Crippen LogP contribution in [-0.4, -0.2) is 49.1 Å². The van der Waals surface area contributed by atoms with Crippen LogP contribution in [0.5, 0.6) is 5.75 Å². The Morgan fingerprint density at radius 3 is 3.29 bits per heavy atom. The molecular formula is C12H18N2O3. The largest absolute Gasteiger partial charge is 0.490 e. The number of aliphatic hydroxyl groups is 1. The molecule has 1 saturated heterocycles. The number of anilines is 1. The van der Waals surface area contributed by atoms with E-state index in [2.05, 4.69) is 9.88 Å². The topological polar surface area (TPSA) is 54.8 Å². The zero-order chi connectivity index (χ0) is 12.1. The third-order valence-corrected chi connectivity index (χ3v) is 2.76. The van der Waals surface area contributed by atoms with Gasteiger partial charge >= 0.3 is 0 Å². The Morgan fingerprint density at radius 2 is 2.53 bits per heavy atom. The Bertz CT molecular complexity index is 359. The van der Waals surface area contributed by atoms with Gasteiger partial charge in [-0.25, -0.2) is 4.98 Å². The summed E-state index contributed by atoms with van der Waals surface area (Å²) in [6.07, 6.45) is 1.74. The SMILES string of the molecule is CCOc1cccnc1N1CCOCC1CO. The summed E-state index contributed by atoms with van der Waals surface area (Å²) in [6.45, 7) is 4.51. The Labute approximate surface area is 101 Å². The van der Waals surface area contributed by atoms with E-state index < -0.39 is 0 Å². The summed E-state index contributed by atoms with van der Waals surface area (Å²) in [5.41, 5.74) is 0. The monoisotopic (exact) mass is 238 g/mol. The molecule has 0 radical (unpaired) electrons. The molecule has 0 saturated carbocycles. The second-order valence-corrected chi connectivity index (χ2v) is 3.86. The van der Waals surface area contributed by atoms with Gasteiger partial charge in [-0.15, -0.1) is 0 Å². The first-order valence-electron chi connectivity index (χ1n) is 5.90. The fourth-order valence-corrected chi connectivity index (χ4v) is 1.95. The molecule has 1 N–H and O–H groups in total. The molecule has 0 amide bonds. The van der Waals surface area contributed by atoms with Crippen molar-refractivity contribution in [3.8, 4) is 5.75 Å². The van der Waals surface area contributed by atoms with E-state index in [1.165, 1.54) is 0 Å². The van der Waals surface area contributed by atoms with Gasteiger partial charge in [-0.05, 0) is 19.1 Å². The summed E-state index contributed by atoms with van der Waals surface area (Å²) < 4.78 is 10.9. The normalized spacial score (nSPS) is 20.4. The van der Waals surface area contributed by atoms with E-state index in [-0.39, 0.29) is 12.6 Å². The second kappa shape index (κ2) is 5.84. The van der Waals surface area contributed by atoms with Crippen molar-refractivity contribution in [2.24, 2.45) is 0 Å². The first kappa shape index (κ1) is 12.1. The molecule has 2 rings (SSSR count). The van der Waals surface area contributed by atoms with Crippen molar-refractivity contribution in [2.75, 3.05) is 37.9 Å². The maximum Gasteiger partial charge on any atom is 0.171 e. The highest BCUT2D eigenvalue weighted by atomic mass is 16.5. The molecule has 0 spiro atoms. The summed E-state index contributed by atoms with van der Waals surface area (Å²) in [4.78, 5) is 6.40. The third kappa shape index (κ3) is 2.68. The average molecular weight is 238 g/mol. The van der Waals surface area contributed by atoms with E-state index >= 15 is 0 Å². The van der Waals surface area contributed by atoms with Gasteiger partial charge in [0.2, 0.25) is 0 Å². The molecule has 1 unspecified atom stereocenters. The van der Waals surface area contributed by atoms with Crippen LogP contribution >= 0.6 is 0 Å². The molecule has 0 aliphatic carbocycles. The van der Waals surface area contributed by atoms with Crippen LogP contribution < -0.4 is 9.64 Å². The first-order valence-corrected chi connectivity index (χ1v) is 5.90. The zero-order valence-electron chi connectivity index (χ0n) is 10.0. The van der Waals surface area contributed by atoms with E-state index in [1.54, 1.807) is 6.20 Å². The van der Waals surface area contributed by atoms with Crippen molar-refractivity contribution in [3.63, 3.8) is 0 Å². The quantitative estimate of drug-likeness (QED) is 0.836. The molecule has 94 valence electrons. The Kier molecular flexibility index (Phi) is 4.17. The molecule has 5 nitrogen and oxygen atoms in total. The van der Waals surface area contributed by atoms with Crippen LogP contribution in [0.2, 0.25) is 0 Å². The number of aliphatic hydroxyl groups excluding tert-OH is 1. The van der Waals surface area contributed by atoms with Gasteiger partial charge in [0.15, 0.2) is 11.6 Å². The molecule has 1 aliphatic heterocycles. The number of rotatable bonds is 4. The van der Waals surface area contributed by atoms with E-state index in [4.69, 9.17) is 9.47 Å². The van der Waals surface area contributed by atoms with Gasteiger partial charge in [-0.1, -0.05) is 0 Å². The number of nitrogens with zero attached hydrogens (tertiary/aromatic N) is 2. The summed E-state index contributed by atoms with van der Waals surface area (Å²) in [5.74, 6) is 1.55. The number of morpholine rings is 1. The minimum atomic E-state index is -0.0437. The van der Waals surface area contributed by atoms with E-state index in [0.717, 1.165) is 18.1 Å². The van der Waals surface area contributed by atoms with Gasteiger partial charge in [0, 0.05) is 12.7 Å². The number of ether oxygens (including phenoxy) is 2. The number of hydrogen-bond acceptors (Lipinski definition) is 5. The molecule has 0 bridgehead atoms. The first-order chi connectivity index (χ1) is 8.36. The lowest BCUT2D eigenvalue weighted by atomic mass is 10.2. The van der Waals surface area contributed by atoms with Gasteiger partial charge < -0.3 is 19.5 Å². The summed E-state index contributed by atoms with van der Waals surface area (Å²) in [6, 6.07) is 3.70. The maximum atomic E-state index is 9.35. The molecule has 1 aliphatic rings. The molecule has 5 heteroatoms. The highest BCUT2D eigenvalue weighted by molar-refractivity contribution is 5.53. The molecule has 0 aromatic carbocycles. The number of hydrogen-bond donors (Lipinski definition) is 1. The van der Waals surface area contributed by atoms with Crippen LogP contribution in [0, 0.1) is 0 Å². The minimum Gasteiger partial charge on any atom is -0.490 e. The predicted octanol–water partition coefficient (Wildman–Crippen LogP) is 0.678. The lowest BCUT2D eigenvalue weighted by molar-refractivity contribution is 0.0719. The van der Waals surface area contributed by atoms with E-state index in [1.807, 2.05) is 19.1 Å². The molecule has 2 heterocycles. The second-order valence-electron chi connectivity index (χ2n) is 3.86. The minimum absolute atomic E-state index is 0.0437. The fourth-order valence-electron chi connectivity index (χ4n) is 1.95. The van der Waals surface area contributed by atoms with Crippen LogP contribution in [0.3, 0.4) is 0 Å². The van der Waals surface area contributed by atoms with Gasteiger partial charge in [0.25, 0.3) is 0 Å². The highest BCUT2D eigenvalue weighted by Gasteiger charge is 2.25. The molecule has 1 aromatic rings. The van der Waals surface area contributed by atoms with Gasteiger partial charge in [-0.2, -0.15) is 0 Å². The van der Waals surface area contributed by atoms with Crippen molar-refractivity contribution in [1.82, 2.24) is 4.98 Å². The van der Waals surface area contributed by atoms with E-state index in [9.17, 15) is 5.11 Å². The van der Waals surface area contributed by atoms with Crippen molar-refractivity contribution in [3.05, 3.63) is 18.3 Å². The maximum absolute atomic E-state index is 9.35. The predicted molar refractivity (Wildman–Crippen MR) is 64.4 cm³/mol. The smallest absolute Gasteiger partial charge is 0.171 e. The van der Waals surface area contributed by atoms with Gasteiger partial charge in [0.05, 0.1) is 32.5 Å². The Morgan fingerprint density at radius 1 is 1.65 bits per heavy atom. The summed E-state index contributed by atoms with van der Waals surface area (Å²) in [5, 5.41) is 9.35. The van der Waals surface area contributed by atoms with Crippen LogP contribution in [0.1, 0.15) is 6.92 Å². The molecule has 17 heavy (non-hydrogen) atoms. The lowest BCUT2D eigenvalue weighted by Crippen LogP contribution is -2.48. The van der Waals surface area contributed by atoms with Crippen molar-refractivity contribution in [2.45, 2.75) is 13.0 Å². The lowest BCUT2D eigenvalue weighted by Gasteiger charge is -2.35. The summed E-state index contributed by atoms with van der Waals surface area (Å²) in [7, 11) is 0. The molecule has 1 atom stereocenters. The molecular weight excluding hydrogens is 220 g/mol. The third-order valence-electron chi connectivity index (χ3n) is 2.76. The Balaban J connectivity index is 2.24. The van der Waals surface area contributed by atoms with Crippen LogP contribution in [0.25, 0.3) is 0 Å². The molecule has 1 aromatic heterocycles. The number of aromatic nitrogens is 1. The highest BCUT2D eigenvalue weighted by Crippen LogP contribution is 2.27. The van der Waals surface area contributed by atoms with Gasteiger partial charge in [-0.3, -0.25) is 0 Å².